The molecule has 0 radical (unpaired) electrons. The highest BCUT2D eigenvalue weighted by molar-refractivity contribution is 9.10. The Balaban J connectivity index is 2.07. The number of hydrogen-bond acceptors (Lipinski definition) is 3. The van der Waals surface area contributed by atoms with E-state index < -0.39 is 0 Å². The molecule has 2 rings (SSSR count). The first-order chi connectivity index (χ1) is 7.16. The van der Waals surface area contributed by atoms with Gasteiger partial charge in [-0.3, -0.25) is 4.79 Å². The fourth-order valence-electron chi connectivity index (χ4n) is 1.78. The third kappa shape index (κ3) is 2.59. The molecule has 0 bridgehead atoms. The fourth-order valence-corrected chi connectivity index (χ4v) is 3.17. The molecule has 0 spiro atoms. The van der Waals surface area contributed by atoms with Gasteiger partial charge in [-0.05, 0) is 34.8 Å². The van der Waals surface area contributed by atoms with Gasteiger partial charge in [-0.1, -0.05) is 0 Å². The van der Waals surface area contributed by atoms with E-state index in [4.69, 9.17) is 5.73 Å². The van der Waals surface area contributed by atoms with Crippen LogP contribution < -0.4 is 5.73 Å². The van der Waals surface area contributed by atoms with E-state index in [9.17, 15) is 4.79 Å². The molecule has 82 valence electrons. The molecule has 1 fully saturated rings. The zero-order chi connectivity index (χ0) is 10.8. The first-order valence-electron chi connectivity index (χ1n) is 4.95. The monoisotopic (exact) mass is 288 g/mol. The third-order valence-corrected chi connectivity index (χ3v) is 4.20. The molecule has 1 aliphatic rings. The average Bonchev–Trinajstić information content (AvgIpc) is 2.64. The largest absolute Gasteiger partial charge is 0.336 e. The number of thiophene rings is 1. The molecule has 1 aromatic rings. The van der Waals surface area contributed by atoms with Gasteiger partial charge in [0.1, 0.15) is 0 Å². The standard InChI is InChI=1S/C10H13BrN2OS/c11-7-4-9(15-6-7)10(14)13-3-1-2-8(12)5-13/h4,6,8H,1-3,5,12H2. The Kier molecular flexibility index (Phi) is 3.43. The molecule has 0 aromatic carbocycles. The lowest BCUT2D eigenvalue weighted by Crippen LogP contribution is -2.45. The van der Waals surface area contributed by atoms with Crippen molar-refractivity contribution in [3.8, 4) is 0 Å². The van der Waals surface area contributed by atoms with Crippen molar-refractivity contribution in [1.29, 1.82) is 0 Å². The molecule has 1 aliphatic heterocycles. The summed E-state index contributed by atoms with van der Waals surface area (Å²) < 4.78 is 0.970. The van der Waals surface area contributed by atoms with Crippen LogP contribution in [0.15, 0.2) is 15.9 Å². The van der Waals surface area contributed by atoms with Crippen molar-refractivity contribution in [2.45, 2.75) is 18.9 Å². The number of halogens is 1. The Bertz CT molecular complexity index is 366. The number of amides is 1. The number of carbonyl (C=O) groups excluding carboxylic acids is 1. The van der Waals surface area contributed by atoms with Gasteiger partial charge in [-0.15, -0.1) is 11.3 Å². The Labute approximate surface area is 101 Å². The molecule has 1 atom stereocenters. The number of nitrogens with zero attached hydrogens (tertiary/aromatic N) is 1. The molecule has 5 heteroatoms. The van der Waals surface area contributed by atoms with Crippen molar-refractivity contribution in [3.05, 3.63) is 20.8 Å². The first-order valence-corrected chi connectivity index (χ1v) is 6.63. The van der Waals surface area contributed by atoms with E-state index in [1.54, 1.807) is 0 Å². The second-order valence-corrected chi connectivity index (χ2v) is 5.61. The lowest BCUT2D eigenvalue weighted by molar-refractivity contribution is 0.0713. The second kappa shape index (κ2) is 4.63. The summed E-state index contributed by atoms with van der Waals surface area (Å²) in [5.74, 6) is 0.112. The van der Waals surface area contributed by atoms with Gasteiger partial charge in [-0.2, -0.15) is 0 Å². The van der Waals surface area contributed by atoms with Gasteiger partial charge in [0.05, 0.1) is 4.88 Å². The average molecular weight is 289 g/mol. The Morgan fingerprint density at radius 1 is 1.67 bits per heavy atom. The van der Waals surface area contributed by atoms with Crippen LogP contribution in [0.4, 0.5) is 0 Å². The number of piperidine rings is 1. The van der Waals surface area contributed by atoms with Gasteiger partial charge in [0.15, 0.2) is 0 Å². The van der Waals surface area contributed by atoms with Gasteiger partial charge in [0.2, 0.25) is 0 Å². The Morgan fingerprint density at radius 2 is 2.47 bits per heavy atom. The number of nitrogens with two attached hydrogens (primary N) is 1. The van der Waals surface area contributed by atoms with Gasteiger partial charge in [-0.25, -0.2) is 0 Å². The zero-order valence-corrected chi connectivity index (χ0v) is 10.7. The van der Waals surface area contributed by atoms with Gasteiger partial charge < -0.3 is 10.6 Å². The summed E-state index contributed by atoms with van der Waals surface area (Å²) in [6, 6.07) is 2.01. The molecular formula is C10H13BrN2OS. The smallest absolute Gasteiger partial charge is 0.264 e. The summed E-state index contributed by atoms with van der Waals surface area (Å²) in [6.07, 6.45) is 2.04. The van der Waals surface area contributed by atoms with E-state index in [0.717, 1.165) is 28.7 Å². The highest BCUT2D eigenvalue weighted by Crippen LogP contribution is 2.22. The molecule has 1 saturated heterocycles. The molecule has 2 N–H and O–H groups in total. The number of carbonyl (C=O) groups is 1. The summed E-state index contributed by atoms with van der Waals surface area (Å²) >= 11 is 4.82. The fraction of sp³-hybridized carbons (Fsp3) is 0.500. The van der Waals surface area contributed by atoms with E-state index >= 15 is 0 Å². The molecule has 1 aromatic heterocycles. The van der Waals surface area contributed by atoms with E-state index in [0.29, 0.717) is 6.54 Å². The van der Waals surface area contributed by atoms with Crippen molar-refractivity contribution >= 4 is 33.2 Å². The highest BCUT2D eigenvalue weighted by atomic mass is 79.9. The quantitative estimate of drug-likeness (QED) is 0.860. The summed E-state index contributed by atoms with van der Waals surface area (Å²) in [7, 11) is 0. The van der Waals surface area contributed by atoms with Crippen LogP contribution in [0.1, 0.15) is 22.5 Å². The molecule has 0 aliphatic carbocycles. The third-order valence-electron chi connectivity index (χ3n) is 2.52. The van der Waals surface area contributed by atoms with Crippen LogP contribution in [0.5, 0.6) is 0 Å². The molecule has 1 unspecified atom stereocenters. The van der Waals surface area contributed by atoms with Gasteiger partial charge in [0.25, 0.3) is 5.91 Å². The first kappa shape index (κ1) is 11.1. The summed E-state index contributed by atoms with van der Waals surface area (Å²) in [5, 5.41) is 1.93. The number of hydrogen-bond donors (Lipinski definition) is 1. The maximum atomic E-state index is 12.0. The topological polar surface area (TPSA) is 46.3 Å². The second-order valence-electron chi connectivity index (χ2n) is 3.78. The predicted molar refractivity (Wildman–Crippen MR) is 65.1 cm³/mol. The van der Waals surface area contributed by atoms with Crippen LogP contribution in [0.25, 0.3) is 0 Å². The molecule has 1 amide bonds. The van der Waals surface area contributed by atoms with Crippen molar-refractivity contribution in [1.82, 2.24) is 4.90 Å². The van der Waals surface area contributed by atoms with Crippen LogP contribution in [0, 0.1) is 0 Å². The lowest BCUT2D eigenvalue weighted by atomic mass is 10.1. The summed E-state index contributed by atoms with van der Waals surface area (Å²) in [6.45, 7) is 1.52. The minimum Gasteiger partial charge on any atom is -0.336 e. The Hall–Kier alpha value is -0.390. The SMILES string of the molecule is NC1CCCN(C(=O)c2cc(Br)cs2)C1. The lowest BCUT2D eigenvalue weighted by Gasteiger charge is -2.30. The highest BCUT2D eigenvalue weighted by Gasteiger charge is 2.23. The van der Waals surface area contributed by atoms with E-state index in [-0.39, 0.29) is 11.9 Å². The van der Waals surface area contributed by atoms with Crippen molar-refractivity contribution in [2.24, 2.45) is 5.73 Å². The van der Waals surface area contributed by atoms with Crippen LogP contribution in [-0.2, 0) is 0 Å². The van der Waals surface area contributed by atoms with Gasteiger partial charge >= 0.3 is 0 Å². The van der Waals surface area contributed by atoms with Gasteiger partial charge in [0, 0.05) is 29.0 Å². The molecule has 2 heterocycles. The number of rotatable bonds is 1. The molecular weight excluding hydrogens is 276 g/mol. The van der Waals surface area contributed by atoms with Crippen LogP contribution in [0.3, 0.4) is 0 Å². The van der Waals surface area contributed by atoms with Crippen molar-refractivity contribution < 1.29 is 4.79 Å². The minimum atomic E-state index is 0.112. The van der Waals surface area contributed by atoms with Crippen molar-refractivity contribution in [3.63, 3.8) is 0 Å². The minimum absolute atomic E-state index is 0.112. The van der Waals surface area contributed by atoms with Crippen molar-refractivity contribution in [2.75, 3.05) is 13.1 Å². The Morgan fingerprint density at radius 3 is 3.07 bits per heavy atom. The summed E-state index contributed by atoms with van der Waals surface area (Å²) in [5.41, 5.74) is 5.85. The van der Waals surface area contributed by atoms with E-state index in [1.807, 2.05) is 16.3 Å². The molecule has 3 nitrogen and oxygen atoms in total. The van der Waals surface area contributed by atoms with E-state index in [1.165, 1.54) is 11.3 Å². The predicted octanol–water partition coefficient (Wildman–Crippen LogP) is 2.07. The van der Waals surface area contributed by atoms with E-state index in [2.05, 4.69) is 15.9 Å². The maximum absolute atomic E-state index is 12.0. The maximum Gasteiger partial charge on any atom is 0.264 e. The summed E-state index contributed by atoms with van der Waals surface area (Å²) in [4.78, 5) is 14.7. The van der Waals surface area contributed by atoms with Crippen LogP contribution >= 0.6 is 27.3 Å². The zero-order valence-electron chi connectivity index (χ0n) is 8.28. The normalized spacial score (nSPS) is 21.7. The van der Waals surface area contributed by atoms with Crippen LogP contribution in [-0.4, -0.2) is 29.9 Å². The number of likely N-dealkylation sites (tertiary alicyclic amines) is 1. The molecule has 0 saturated carbocycles. The molecule has 15 heavy (non-hydrogen) atoms. The van der Waals surface area contributed by atoms with Crippen LogP contribution in [0.2, 0.25) is 0 Å².